The molecule has 0 radical (unpaired) electrons. The van der Waals surface area contributed by atoms with Crippen LogP contribution in [0.3, 0.4) is 0 Å². The molecular weight excluding hydrogens is 252 g/mol. The fourth-order valence-electron chi connectivity index (χ4n) is 2.50. The van der Waals surface area contributed by atoms with E-state index >= 15 is 0 Å². The van der Waals surface area contributed by atoms with Crippen LogP contribution in [0.4, 0.5) is 0 Å². The van der Waals surface area contributed by atoms with Crippen molar-refractivity contribution < 1.29 is 14.3 Å². The predicted octanol–water partition coefficient (Wildman–Crippen LogP) is 3.17. The molecule has 0 atom stereocenters. The van der Waals surface area contributed by atoms with E-state index in [1.807, 2.05) is 43.3 Å². The Balaban J connectivity index is 1.96. The van der Waals surface area contributed by atoms with Gasteiger partial charge in [0.05, 0.1) is 13.7 Å². The van der Waals surface area contributed by atoms with Crippen molar-refractivity contribution >= 4 is 5.78 Å². The summed E-state index contributed by atoms with van der Waals surface area (Å²) in [5.74, 6) is 1.70. The number of carbonyl (C=O) groups excluding carboxylic acids is 1. The van der Waals surface area contributed by atoms with Gasteiger partial charge in [-0.3, -0.25) is 4.79 Å². The van der Waals surface area contributed by atoms with Crippen molar-refractivity contribution in [2.24, 2.45) is 0 Å². The summed E-state index contributed by atoms with van der Waals surface area (Å²) in [4.78, 5) is 12.6. The second-order valence-electron chi connectivity index (χ2n) is 4.93. The van der Waals surface area contributed by atoms with Gasteiger partial charge in [0.25, 0.3) is 0 Å². The Bertz CT molecular complexity index is 674. The zero-order valence-corrected chi connectivity index (χ0v) is 11.6. The van der Waals surface area contributed by atoms with Crippen molar-refractivity contribution in [1.82, 2.24) is 0 Å². The standard InChI is InChI=1S/C17H16O3/c1-11-9-14(19-2)4-5-15(11)17(18)13-3-6-16-12(10-13)7-8-20-16/h3-6,9-10H,7-8H2,1-2H3. The lowest BCUT2D eigenvalue weighted by atomic mass is 9.97. The van der Waals surface area contributed by atoms with Crippen LogP contribution in [0.2, 0.25) is 0 Å². The number of methoxy groups -OCH3 is 1. The second-order valence-corrected chi connectivity index (χ2v) is 4.93. The van der Waals surface area contributed by atoms with Crippen molar-refractivity contribution in [2.45, 2.75) is 13.3 Å². The third kappa shape index (κ3) is 2.16. The highest BCUT2D eigenvalue weighted by atomic mass is 16.5. The molecule has 0 amide bonds. The van der Waals surface area contributed by atoms with E-state index in [1.54, 1.807) is 7.11 Å². The number of aryl methyl sites for hydroxylation is 1. The topological polar surface area (TPSA) is 35.5 Å². The number of rotatable bonds is 3. The molecule has 2 aromatic carbocycles. The zero-order chi connectivity index (χ0) is 14.1. The number of fused-ring (bicyclic) bond motifs is 1. The van der Waals surface area contributed by atoms with Crippen LogP contribution in [0.5, 0.6) is 11.5 Å². The number of benzene rings is 2. The number of hydrogen-bond donors (Lipinski definition) is 0. The Labute approximate surface area is 118 Å². The molecule has 3 nitrogen and oxygen atoms in total. The van der Waals surface area contributed by atoms with E-state index in [0.29, 0.717) is 17.7 Å². The Kier molecular flexibility index (Phi) is 3.18. The average Bonchev–Trinajstić information content (AvgIpc) is 2.93. The van der Waals surface area contributed by atoms with Crippen molar-refractivity contribution in [2.75, 3.05) is 13.7 Å². The van der Waals surface area contributed by atoms with Crippen molar-refractivity contribution in [3.63, 3.8) is 0 Å². The van der Waals surface area contributed by atoms with Crippen molar-refractivity contribution in [3.8, 4) is 11.5 Å². The van der Waals surface area contributed by atoms with Gasteiger partial charge in [-0.1, -0.05) is 0 Å². The van der Waals surface area contributed by atoms with Gasteiger partial charge >= 0.3 is 0 Å². The Morgan fingerprint density at radius 3 is 2.80 bits per heavy atom. The Hall–Kier alpha value is -2.29. The van der Waals surface area contributed by atoms with Crippen LogP contribution in [-0.4, -0.2) is 19.5 Å². The number of ether oxygens (including phenoxy) is 2. The summed E-state index contributed by atoms with van der Waals surface area (Å²) in [6, 6.07) is 11.2. The molecule has 0 unspecified atom stereocenters. The summed E-state index contributed by atoms with van der Waals surface area (Å²) in [7, 11) is 1.62. The van der Waals surface area contributed by atoms with E-state index in [-0.39, 0.29) is 5.78 Å². The van der Waals surface area contributed by atoms with Crippen LogP contribution in [0.1, 0.15) is 27.0 Å². The molecule has 2 aromatic rings. The second kappa shape index (κ2) is 5.00. The van der Waals surface area contributed by atoms with E-state index in [9.17, 15) is 4.79 Å². The maximum Gasteiger partial charge on any atom is 0.193 e. The zero-order valence-electron chi connectivity index (χ0n) is 11.6. The highest BCUT2D eigenvalue weighted by Crippen LogP contribution is 2.27. The number of carbonyl (C=O) groups is 1. The van der Waals surface area contributed by atoms with Gasteiger partial charge in [0, 0.05) is 17.5 Å². The van der Waals surface area contributed by atoms with Gasteiger partial charge in [0.15, 0.2) is 5.78 Å². The minimum Gasteiger partial charge on any atom is -0.497 e. The molecule has 0 fully saturated rings. The molecule has 0 saturated carbocycles. The maximum atomic E-state index is 12.6. The van der Waals surface area contributed by atoms with Crippen LogP contribution >= 0.6 is 0 Å². The number of ketones is 1. The lowest BCUT2D eigenvalue weighted by Gasteiger charge is -2.08. The molecule has 0 bridgehead atoms. The maximum absolute atomic E-state index is 12.6. The van der Waals surface area contributed by atoms with Crippen molar-refractivity contribution in [1.29, 1.82) is 0 Å². The SMILES string of the molecule is COc1ccc(C(=O)c2ccc3c(c2)CCO3)c(C)c1. The molecule has 0 aromatic heterocycles. The summed E-state index contributed by atoms with van der Waals surface area (Å²) in [5, 5.41) is 0. The first kappa shape index (κ1) is 12.7. The molecule has 1 aliphatic heterocycles. The highest BCUT2D eigenvalue weighted by molar-refractivity contribution is 6.10. The summed E-state index contributed by atoms with van der Waals surface area (Å²) < 4.78 is 10.6. The summed E-state index contributed by atoms with van der Waals surface area (Å²) in [6.07, 6.45) is 0.873. The lowest BCUT2D eigenvalue weighted by molar-refractivity contribution is 0.103. The molecule has 1 heterocycles. The van der Waals surface area contributed by atoms with E-state index < -0.39 is 0 Å². The van der Waals surface area contributed by atoms with Gasteiger partial charge in [0.1, 0.15) is 11.5 Å². The van der Waals surface area contributed by atoms with Crippen LogP contribution in [0.15, 0.2) is 36.4 Å². The summed E-state index contributed by atoms with van der Waals surface area (Å²) >= 11 is 0. The molecular formula is C17H16O3. The van der Waals surface area contributed by atoms with Gasteiger partial charge in [-0.2, -0.15) is 0 Å². The van der Waals surface area contributed by atoms with E-state index in [0.717, 1.165) is 29.0 Å². The molecule has 1 aliphatic rings. The molecule has 102 valence electrons. The molecule has 3 rings (SSSR count). The normalized spacial score (nSPS) is 12.7. The first-order chi connectivity index (χ1) is 9.69. The lowest BCUT2D eigenvalue weighted by Crippen LogP contribution is -2.04. The molecule has 0 saturated heterocycles. The highest BCUT2D eigenvalue weighted by Gasteiger charge is 2.17. The first-order valence-corrected chi connectivity index (χ1v) is 6.64. The third-order valence-corrected chi connectivity index (χ3v) is 3.63. The number of hydrogen-bond acceptors (Lipinski definition) is 3. The van der Waals surface area contributed by atoms with Crippen LogP contribution in [-0.2, 0) is 6.42 Å². The fraction of sp³-hybridized carbons (Fsp3) is 0.235. The smallest absolute Gasteiger partial charge is 0.193 e. The third-order valence-electron chi connectivity index (χ3n) is 3.63. The minimum atomic E-state index is 0.0415. The largest absolute Gasteiger partial charge is 0.497 e. The van der Waals surface area contributed by atoms with Gasteiger partial charge in [-0.25, -0.2) is 0 Å². The summed E-state index contributed by atoms with van der Waals surface area (Å²) in [5.41, 5.74) is 3.46. The average molecular weight is 268 g/mol. The van der Waals surface area contributed by atoms with E-state index in [1.165, 1.54) is 0 Å². The predicted molar refractivity (Wildman–Crippen MR) is 76.8 cm³/mol. The Morgan fingerprint density at radius 1 is 1.20 bits per heavy atom. The van der Waals surface area contributed by atoms with Crippen LogP contribution in [0, 0.1) is 6.92 Å². The fourth-order valence-corrected chi connectivity index (χ4v) is 2.50. The van der Waals surface area contributed by atoms with Gasteiger partial charge in [0.2, 0.25) is 0 Å². The van der Waals surface area contributed by atoms with Gasteiger partial charge in [-0.15, -0.1) is 0 Å². The molecule has 3 heteroatoms. The monoisotopic (exact) mass is 268 g/mol. The first-order valence-electron chi connectivity index (χ1n) is 6.64. The van der Waals surface area contributed by atoms with Crippen molar-refractivity contribution in [3.05, 3.63) is 58.7 Å². The van der Waals surface area contributed by atoms with E-state index in [2.05, 4.69) is 0 Å². The van der Waals surface area contributed by atoms with Gasteiger partial charge < -0.3 is 9.47 Å². The quantitative estimate of drug-likeness (QED) is 0.802. The van der Waals surface area contributed by atoms with E-state index in [4.69, 9.17) is 9.47 Å². The molecule has 0 spiro atoms. The minimum absolute atomic E-state index is 0.0415. The summed E-state index contributed by atoms with van der Waals surface area (Å²) in [6.45, 7) is 2.63. The Morgan fingerprint density at radius 2 is 2.05 bits per heavy atom. The molecule has 20 heavy (non-hydrogen) atoms. The molecule has 0 aliphatic carbocycles. The van der Waals surface area contributed by atoms with Crippen LogP contribution in [0.25, 0.3) is 0 Å². The van der Waals surface area contributed by atoms with Gasteiger partial charge in [-0.05, 0) is 54.4 Å². The molecule has 0 N–H and O–H groups in total. The van der Waals surface area contributed by atoms with Crippen LogP contribution < -0.4 is 9.47 Å².